The van der Waals surface area contributed by atoms with Crippen LogP contribution in [0.25, 0.3) is 11.0 Å². The van der Waals surface area contributed by atoms with Gasteiger partial charge in [-0.15, -0.1) is 4.99 Å². The third kappa shape index (κ3) is 4.92. The maximum Gasteiger partial charge on any atom is 0.214 e. The fraction of sp³-hybridized carbons (Fsp3) is 0.333. The van der Waals surface area contributed by atoms with Crippen molar-refractivity contribution < 1.29 is 0 Å². The van der Waals surface area contributed by atoms with Crippen molar-refractivity contribution in [3.63, 3.8) is 0 Å². The van der Waals surface area contributed by atoms with Crippen molar-refractivity contribution in [2.75, 3.05) is 29.9 Å². The van der Waals surface area contributed by atoms with Crippen LogP contribution in [0.1, 0.15) is 20.3 Å². The minimum absolute atomic E-state index is 0.152. The lowest BCUT2D eigenvalue weighted by atomic mass is 10.00. The number of nitrogens with zero attached hydrogens (tertiary/aromatic N) is 6. The first-order valence-corrected chi connectivity index (χ1v) is 11.1. The molecule has 1 fully saturated rings. The van der Waals surface area contributed by atoms with Crippen molar-refractivity contribution in [1.29, 1.82) is 5.26 Å². The van der Waals surface area contributed by atoms with Gasteiger partial charge in [-0.05, 0) is 36.6 Å². The van der Waals surface area contributed by atoms with Gasteiger partial charge in [0.1, 0.15) is 5.82 Å². The topological polar surface area (TPSA) is 80.4 Å². The molecule has 8 heteroatoms. The van der Waals surface area contributed by atoms with Gasteiger partial charge < -0.3 is 15.1 Å². The standard InChI is InChI=1S/C24H26ClN7/c1-17(2)13-18-15-31(23-14-27-21-9-5-6-10-22(21)29-23)11-12-32(18)24(28-16-26)30-20-8-4-3-7-19(20)25/h3-10,14,17-18H,11-13,15H2,1-2H3,(H,28,30). The first kappa shape index (κ1) is 21.8. The zero-order chi connectivity index (χ0) is 22.5. The summed E-state index contributed by atoms with van der Waals surface area (Å²) in [4.78, 5) is 18.0. The van der Waals surface area contributed by atoms with Crippen LogP contribution in [-0.4, -0.2) is 46.5 Å². The Morgan fingerprint density at radius 1 is 1.19 bits per heavy atom. The van der Waals surface area contributed by atoms with Crippen LogP contribution in [-0.2, 0) is 0 Å². The number of nitriles is 1. The first-order valence-electron chi connectivity index (χ1n) is 10.8. The molecule has 1 atom stereocenters. The minimum Gasteiger partial charge on any atom is -0.351 e. The summed E-state index contributed by atoms with van der Waals surface area (Å²) in [7, 11) is 0. The van der Waals surface area contributed by atoms with Gasteiger partial charge in [0.25, 0.3) is 0 Å². The predicted molar refractivity (Wildman–Crippen MR) is 130 cm³/mol. The Hall–Kier alpha value is -3.37. The number of rotatable bonds is 4. The molecule has 32 heavy (non-hydrogen) atoms. The zero-order valence-electron chi connectivity index (χ0n) is 18.2. The Kier molecular flexibility index (Phi) is 6.72. The maximum atomic E-state index is 9.35. The Balaban J connectivity index is 1.59. The molecule has 0 bridgehead atoms. The number of guanidine groups is 1. The SMILES string of the molecule is CC(C)CC1CN(c2cnc3ccccc3n2)CCN1/C(=N\C#N)Nc1ccccc1Cl. The summed E-state index contributed by atoms with van der Waals surface area (Å²) in [6.45, 7) is 6.62. The lowest BCUT2D eigenvalue weighted by Gasteiger charge is -2.43. The second-order valence-corrected chi connectivity index (χ2v) is 8.69. The number of aliphatic imine (C=N–C) groups is 1. The van der Waals surface area contributed by atoms with E-state index in [0.29, 0.717) is 23.4 Å². The van der Waals surface area contributed by atoms with Crippen LogP contribution in [0.15, 0.2) is 59.7 Å². The van der Waals surface area contributed by atoms with Crippen molar-refractivity contribution in [1.82, 2.24) is 14.9 Å². The number of anilines is 2. The fourth-order valence-electron chi connectivity index (χ4n) is 4.08. The van der Waals surface area contributed by atoms with Gasteiger partial charge in [-0.1, -0.05) is 49.7 Å². The quantitative estimate of drug-likeness (QED) is 0.352. The van der Waals surface area contributed by atoms with Crippen molar-refractivity contribution in [3.05, 3.63) is 59.8 Å². The third-order valence-electron chi connectivity index (χ3n) is 5.53. The van der Waals surface area contributed by atoms with E-state index in [1.807, 2.05) is 60.9 Å². The summed E-state index contributed by atoms with van der Waals surface area (Å²) in [5, 5.41) is 13.2. The highest BCUT2D eigenvalue weighted by Crippen LogP contribution is 2.25. The normalized spacial score (nSPS) is 17.0. The van der Waals surface area contributed by atoms with E-state index in [0.717, 1.165) is 42.0 Å². The molecule has 2 aromatic carbocycles. The van der Waals surface area contributed by atoms with Crippen molar-refractivity contribution in [2.45, 2.75) is 26.3 Å². The van der Waals surface area contributed by atoms with Gasteiger partial charge in [0.2, 0.25) is 12.2 Å². The molecule has 0 spiro atoms. The summed E-state index contributed by atoms with van der Waals surface area (Å²) in [6, 6.07) is 15.5. The number of piperazine rings is 1. The number of fused-ring (bicyclic) bond motifs is 1. The lowest BCUT2D eigenvalue weighted by Crippen LogP contribution is -2.57. The van der Waals surface area contributed by atoms with Gasteiger partial charge in [-0.2, -0.15) is 5.26 Å². The van der Waals surface area contributed by atoms with Crippen LogP contribution in [0, 0.1) is 17.4 Å². The molecule has 1 saturated heterocycles. The van der Waals surface area contributed by atoms with E-state index in [2.05, 4.69) is 38.9 Å². The highest BCUT2D eigenvalue weighted by Gasteiger charge is 2.31. The molecule has 7 nitrogen and oxygen atoms in total. The van der Waals surface area contributed by atoms with Gasteiger partial charge in [-0.3, -0.25) is 4.98 Å². The van der Waals surface area contributed by atoms with Crippen LogP contribution in [0.5, 0.6) is 0 Å². The molecule has 0 aliphatic carbocycles. The molecule has 164 valence electrons. The maximum absolute atomic E-state index is 9.35. The van der Waals surface area contributed by atoms with E-state index in [4.69, 9.17) is 16.6 Å². The molecule has 2 heterocycles. The predicted octanol–water partition coefficient (Wildman–Crippen LogP) is 4.77. The Labute approximate surface area is 193 Å². The monoisotopic (exact) mass is 447 g/mol. The van der Waals surface area contributed by atoms with Crippen LogP contribution < -0.4 is 10.2 Å². The van der Waals surface area contributed by atoms with Gasteiger partial charge >= 0.3 is 0 Å². The molecular formula is C24H26ClN7. The Morgan fingerprint density at radius 2 is 1.94 bits per heavy atom. The lowest BCUT2D eigenvalue weighted by molar-refractivity contribution is 0.245. The van der Waals surface area contributed by atoms with Crippen LogP contribution in [0.4, 0.5) is 11.5 Å². The molecule has 1 aliphatic heterocycles. The third-order valence-corrected chi connectivity index (χ3v) is 5.86. The molecule has 4 rings (SSSR count). The molecule has 0 radical (unpaired) electrons. The van der Waals surface area contributed by atoms with Gasteiger partial charge in [0.15, 0.2) is 0 Å². The molecule has 1 N–H and O–H groups in total. The second-order valence-electron chi connectivity index (χ2n) is 8.28. The van der Waals surface area contributed by atoms with E-state index in [-0.39, 0.29) is 6.04 Å². The molecule has 1 unspecified atom stereocenters. The summed E-state index contributed by atoms with van der Waals surface area (Å²) in [6.07, 6.45) is 4.74. The molecular weight excluding hydrogens is 422 g/mol. The van der Waals surface area contributed by atoms with E-state index >= 15 is 0 Å². The molecule has 3 aromatic rings. The fourth-order valence-corrected chi connectivity index (χ4v) is 4.27. The number of para-hydroxylation sites is 3. The molecule has 1 aliphatic rings. The summed E-state index contributed by atoms with van der Waals surface area (Å²) in [5.41, 5.74) is 2.51. The highest BCUT2D eigenvalue weighted by molar-refractivity contribution is 6.33. The van der Waals surface area contributed by atoms with Gasteiger partial charge in [-0.25, -0.2) is 4.98 Å². The summed E-state index contributed by atoms with van der Waals surface area (Å²) >= 11 is 6.34. The number of hydrogen-bond acceptors (Lipinski definition) is 5. The Morgan fingerprint density at radius 3 is 2.69 bits per heavy atom. The van der Waals surface area contributed by atoms with Crippen LogP contribution >= 0.6 is 11.6 Å². The van der Waals surface area contributed by atoms with E-state index in [1.165, 1.54) is 0 Å². The van der Waals surface area contributed by atoms with Crippen LogP contribution in [0.3, 0.4) is 0 Å². The molecule has 0 saturated carbocycles. The second kappa shape index (κ2) is 9.84. The van der Waals surface area contributed by atoms with Crippen molar-refractivity contribution in [2.24, 2.45) is 10.9 Å². The highest BCUT2D eigenvalue weighted by atomic mass is 35.5. The van der Waals surface area contributed by atoms with Crippen molar-refractivity contribution in [3.8, 4) is 6.19 Å². The number of hydrogen-bond donors (Lipinski definition) is 1. The minimum atomic E-state index is 0.152. The Bertz CT molecular complexity index is 1150. The van der Waals surface area contributed by atoms with Gasteiger partial charge in [0.05, 0.1) is 27.9 Å². The van der Waals surface area contributed by atoms with Crippen molar-refractivity contribution >= 4 is 40.1 Å². The number of nitrogens with one attached hydrogen (secondary N) is 1. The zero-order valence-corrected chi connectivity index (χ0v) is 19.0. The molecule has 1 aromatic heterocycles. The van der Waals surface area contributed by atoms with Gasteiger partial charge in [0, 0.05) is 25.7 Å². The number of aromatic nitrogens is 2. The average Bonchev–Trinajstić information content (AvgIpc) is 2.79. The summed E-state index contributed by atoms with van der Waals surface area (Å²) in [5.74, 6) is 1.87. The van der Waals surface area contributed by atoms with Crippen LogP contribution in [0.2, 0.25) is 5.02 Å². The average molecular weight is 448 g/mol. The smallest absolute Gasteiger partial charge is 0.214 e. The largest absolute Gasteiger partial charge is 0.351 e. The number of halogens is 1. The first-order chi connectivity index (χ1) is 15.5. The molecule has 0 amide bonds. The number of benzene rings is 2. The van der Waals surface area contributed by atoms with E-state index < -0.39 is 0 Å². The summed E-state index contributed by atoms with van der Waals surface area (Å²) < 4.78 is 0. The van der Waals surface area contributed by atoms with E-state index in [9.17, 15) is 5.26 Å². The van der Waals surface area contributed by atoms with E-state index in [1.54, 1.807) is 0 Å².